The maximum Gasteiger partial charge on any atom is 0.272 e. The molecule has 0 bridgehead atoms. The van der Waals surface area contributed by atoms with Gasteiger partial charge in [-0.3, -0.25) is 10.1 Å². The van der Waals surface area contributed by atoms with E-state index in [1.165, 1.54) is 6.07 Å². The molecule has 5 nitrogen and oxygen atoms in total. The van der Waals surface area contributed by atoms with Crippen LogP contribution < -0.4 is 10.5 Å². The maximum atomic E-state index is 10.7. The average Bonchev–Trinajstić information content (AvgIpc) is 2.22. The molecule has 1 rings (SSSR count). The molecule has 0 saturated carbocycles. The lowest BCUT2D eigenvalue weighted by Crippen LogP contribution is -2.23. The first-order chi connectivity index (χ1) is 7.45. The lowest BCUT2D eigenvalue weighted by Gasteiger charge is -2.15. The highest BCUT2D eigenvalue weighted by atomic mass is 16.6. The molecule has 0 fully saturated rings. The summed E-state index contributed by atoms with van der Waals surface area (Å²) in [5.74, 6) is 0.654. The molecule has 2 N–H and O–H groups in total. The van der Waals surface area contributed by atoms with Crippen LogP contribution in [-0.2, 0) is 0 Å². The summed E-state index contributed by atoms with van der Waals surface area (Å²) in [6.07, 6.45) is -0.0976. The number of nitro groups is 1. The van der Waals surface area contributed by atoms with E-state index in [1.807, 2.05) is 6.92 Å². The first kappa shape index (κ1) is 12.4. The fraction of sp³-hybridized carbons (Fsp3) is 0.455. The monoisotopic (exact) mass is 224 g/mol. The van der Waals surface area contributed by atoms with Crippen LogP contribution in [0, 0.1) is 24.0 Å². The average molecular weight is 224 g/mol. The second-order valence-corrected chi connectivity index (χ2v) is 3.83. The largest absolute Gasteiger partial charge is 0.489 e. The Hall–Kier alpha value is -1.62. The van der Waals surface area contributed by atoms with Gasteiger partial charge < -0.3 is 10.5 Å². The molecule has 1 aromatic carbocycles. The Bertz CT molecular complexity index is 404. The van der Waals surface area contributed by atoms with E-state index in [-0.39, 0.29) is 11.8 Å². The van der Waals surface area contributed by atoms with Gasteiger partial charge in [-0.25, -0.2) is 0 Å². The summed E-state index contributed by atoms with van der Waals surface area (Å²) in [6.45, 7) is 5.74. The minimum atomic E-state index is -0.390. The summed E-state index contributed by atoms with van der Waals surface area (Å²) in [4.78, 5) is 10.3. The molecule has 0 amide bonds. The van der Waals surface area contributed by atoms with E-state index in [9.17, 15) is 10.1 Å². The van der Waals surface area contributed by atoms with Crippen LogP contribution >= 0.6 is 0 Å². The van der Waals surface area contributed by atoms with E-state index in [1.54, 1.807) is 19.9 Å². The molecule has 0 aliphatic heterocycles. The Morgan fingerprint density at radius 2 is 2.06 bits per heavy atom. The zero-order valence-electron chi connectivity index (χ0n) is 9.69. The molecular weight excluding hydrogens is 208 g/mol. The summed E-state index contributed by atoms with van der Waals surface area (Å²) in [7, 11) is 0. The molecule has 0 spiro atoms. The van der Waals surface area contributed by atoms with Crippen molar-refractivity contribution in [2.24, 2.45) is 5.73 Å². The predicted octanol–water partition coefficient (Wildman–Crippen LogP) is 1.94. The van der Waals surface area contributed by atoms with Crippen molar-refractivity contribution in [2.75, 3.05) is 6.54 Å². The van der Waals surface area contributed by atoms with E-state index in [0.717, 1.165) is 5.56 Å². The minimum Gasteiger partial charge on any atom is -0.489 e. The summed E-state index contributed by atoms with van der Waals surface area (Å²) in [5, 5.41) is 10.7. The normalized spacial score (nSPS) is 12.2. The van der Waals surface area contributed by atoms with E-state index >= 15 is 0 Å². The number of rotatable bonds is 4. The van der Waals surface area contributed by atoms with Gasteiger partial charge in [-0.05, 0) is 32.4 Å². The molecule has 1 atom stereocenters. The highest BCUT2D eigenvalue weighted by molar-refractivity contribution is 5.49. The number of nitrogens with two attached hydrogens (primary N) is 1. The fourth-order valence-corrected chi connectivity index (χ4v) is 1.36. The summed E-state index contributed by atoms with van der Waals surface area (Å²) < 4.78 is 5.56. The third-order valence-corrected chi connectivity index (χ3v) is 2.35. The Morgan fingerprint density at radius 3 is 2.56 bits per heavy atom. The van der Waals surface area contributed by atoms with Crippen LogP contribution in [0.25, 0.3) is 0 Å². The van der Waals surface area contributed by atoms with Crippen LogP contribution in [0.2, 0.25) is 0 Å². The molecule has 0 heterocycles. The molecule has 0 radical (unpaired) electrons. The molecule has 0 aliphatic rings. The van der Waals surface area contributed by atoms with Crippen molar-refractivity contribution >= 4 is 5.69 Å². The molecule has 0 aromatic heterocycles. The second-order valence-electron chi connectivity index (χ2n) is 3.83. The smallest absolute Gasteiger partial charge is 0.272 e. The fourth-order valence-electron chi connectivity index (χ4n) is 1.36. The van der Waals surface area contributed by atoms with Gasteiger partial charge in [0.25, 0.3) is 5.69 Å². The Kier molecular flexibility index (Phi) is 3.84. The molecule has 1 unspecified atom stereocenters. The van der Waals surface area contributed by atoms with Crippen molar-refractivity contribution in [2.45, 2.75) is 26.9 Å². The standard InChI is InChI=1S/C11H16N2O3/c1-7-5-11(16-9(3)6-12)8(2)4-10(7)13(14)15/h4-5,9H,6,12H2,1-3H3. The van der Waals surface area contributed by atoms with Gasteiger partial charge >= 0.3 is 0 Å². The molecule has 88 valence electrons. The van der Waals surface area contributed by atoms with Crippen molar-refractivity contribution in [1.29, 1.82) is 0 Å². The number of hydrogen-bond donors (Lipinski definition) is 1. The second kappa shape index (κ2) is 4.94. The van der Waals surface area contributed by atoms with Gasteiger partial charge in [0, 0.05) is 18.2 Å². The molecule has 0 saturated heterocycles. The van der Waals surface area contributed by atoms with Gasteiger partial charge in [0.05, 0.1) is 4.92 Å². The quantitative estimate of drug-likeness (QED) is 0.626. The van der Waals surface area contributed by atoms with Crippen LogP contribution in [0.3, 0.4) is 0 Å². The van der Waals surface area contributed by atoms with E-state index in [0.29, 0.717) is 17.9 Å². The van der Waals surface area contributed by atoms with Gasteiger partial charge in [0.2, 0.25) is 0 Å². The first-order valence-electron chi connectivity index (χ1n) is 5.08. The number of nitro benzene ring substituents is 1. The SMILES string of the molecule is Cc1cc([N+](=O)[O-])c(C)cc1OC(C)CN. The van der Waals surface area contributed by atoms with Crippen LogP contribution in [0.5, 0.6) is 5.75 Å². The lowest BCUT2D eigenvalue weighted by molar-refractivity contribution is -0.385. The summed E-state index contributed by atoms with van der Waals surface area (Å²) >= 11 is 0. The van der Waals surface area contributed by atoms with E-state index in [2.05, 4.69) is 0 Å². The Labute approximate surface area is 94.4 Å². The number of hydrogen-bond acceptors (Lipinski definition) is 4. The van der Waals surface area contributed by atoms with Crippen LogP contribution in [-0.4, -0.2) is 17.6 Å². The van der Waals surface area contributed by atoms with Crippen molar-refractivity contribution in [3.8, 4) is 5.75 Å². The zero-order chi connectivity index (χ0) is 12.3. The van der Waals surface area contributed by atoms with E-state index < -0.39 is 4.92 Å². The molecule has 0 aliphatic carbocycles. The molecule has 5 heteroatoms. The molecule has 16 heavy (non-hydrogen) atoms. The van der Waals surface area contributed by atoms with Crippen molar-refractivity contribution < 1.29 is 9.66 Å². The van der Waals surface area contributed by atoms with Gasteiger partial charge in [-0.15, -0.1) is 0 Å². The van der Waals surface area contributed by atoms with Gasteiger partial charge in [-0.1, -0.05) is 0 Å². The van der Waals surface area contributed by atoms with E-state index in [4.69, 9.17) is 10.5 Å². The number of nitrogens with zero attached hydrogens (tertiary/aromatic N) is 1. The number of aryl methyl sites for hydroxylation is 2. The highest BCUT2D eigenvalue weighted by Crippen LogP contribution is 2.28. The zero-order valence-corrected chi connectivity index (χ0v) is 9.69. The topological polar surface area (TPSA) is 78.4 Å². The van der Waals surface area contributed by atoms with Crippen LogP contribution in [0.1, 0.15) is 18.1 Å². The van der Waals surface area contributed by atoms with Gasteiger partial charge in [0.15, 0.2) is 0 Å². The Balaban J connectivity index is 3.05. The maximum absolute atomic E-state index is 10.7. The van der Waals surface area contributed by atoms with Gasteiger partial charge in [0.1, 0.15) is 11.9 Å². The molecule has 1 aromatic rings. The summed E-state index contributed by atoms with van der Waals surface area (Å²) in [6, 6.07) is 3.20. The third-order valence-electron chi connectivity index (χ3n) is 2.35. The van der Waals surface area contributed by atoms with Crippen molar-refractivity contribution in [3.05, 3.63) is 33.4 Å². The summed E-state index contributed by atoms with van der Waals surface area (Å²) in [5.41, 5.74) is 6.91. The van der Waals surface area contributed by atoms with Crippen molar-refractivity contribution in [1.82, 2.24) is 0 Å². The van der Waals surface area contributed by atoms with Gasteiger partial charge in [-0.2, -0.15) is 0 Å². The third kappa shape index (κ3) is 2.70. The highest BCUT2D eigenvalue weighted by Gasteiger charge is 2.14. The first-order valence-corrected chi connectivity index (χ1v) is 5.08. The van der Waals surface area contributed by atoms with Crippen molar-refractivity contribution in [3.63, 3.8) is 0 Å². The molecular formula is C11H16N2O3. The minimum absolute atomic E-state index is 0.0976. The Morgan fingerprint density at radius 1 is 1.44 bits per heavy atom. The van der Waals surface area contributed by atoms with Crippen LogP contribution in [0.4, 0.5) is 5.69 Å². The number of benzene rings is 1. The number of ether oxygens (including phenoxy) is 1. The lowest BCUT2D eigenvalue weighted by atomic mass is 10.1. The van der Waals surface area contributed by atoms with Crippen LogP contribution in [0.15, 0.2) is 12.1 Å². The predicted molar refractivity (Wildman–Crippen MR) is 61.7 cm³/mol.